The molecule has 0 aliphatic carbocycles. The van der Waals surface area contributed by atoms with Crippen LogP contribution in [-0.4, -0.2) is 60.8 Å². The molecular weight excluding hydrogens is 568 g/mol. The van der Waals surface area contributed by atoms with Crippen LogP contribution in [0.3, 0.4) is 0 Å². The van der Waals surface area contributed by atoms with E-state index in [2.05, 4.69) is 76.0 Å². The van der Waals surface area contributed by atoms with Gasteiger partial charge in [0, 0.05) is 11.1 Å². The summed E-state index contributed by atoms with van der Waals surface area (Å²) in [5.74, 6) is 0.200. The van der Waals surface area contributed by atoms with Crippen molar-refractivity contribution in [1.82, 2.24) is 4.98 Å². The fourth-order valence-corrected chi connectivity index (χ4v) is 9.79. The minimum absolute atomic E-state index is 0.0300. The average Bonchev–Trinajstić information content (AvgIpc) is 2.91. The van der Waals surface area contributed by atoms with Crippen molar-refractivity contribution in [1.29, 1.82) is 0 Å². The molecule has 0 spiro atoms. The van der Waals surface area contributed by atoms with Gasteiger partial charge in [-0.05, 0) is 49.0 Å². The Bertz CT molecular complexity index is 1220. The predicted octanol–water partition coefficient (Wildman–Crippen LogP) is 3.93. The highest BCUT2D eigenvalue weighted by atomic mass is 79.9. The molecule has 1 fully saturated rings. The lowest BCUT2D eigenvalue weighted by atomic mass is 9.98. The van der Waals surface area contributed by atoms with E-state index in [9.17, 15) is 10.2 Å². The number of azide groups is 1. The molecule has 11 heteroatoms. The molecule has 0 bridgehead atoms. The van der Waals surface area contributed by atoms with Crippen molar-refractivity contribution < 1.29 is 24.1 Å². The van der Waals surface area contributed by atoms with E-state index < -0.39 is 39.0 Å². The van der Waals surface area contributed by atoms with Crippen LogP contribution in [0.2, 0.25) is 5.04 Å². The number of aliphatic hydroxyl groups excluding tert-OH is 2. The third kappa shape index (κ3) is 5.64. The van der Waals surface area contributed by atoms with Crippen LogP contribution in [0.15, 0.2) is 88.6 Å². The highest BCUT2D eigenvalue weighted by Gasteiger charge is 2.52. The van der Waals surface area contributed by atoms with Crippen molar-refractivity contribution in [2.24, 2.45) is 5.11 Å². The van der Waals surface area contributed by atoms with Crippen molar-refractivity contribution in [3.05, 3.63) is 93.9 Å². The van der Waals surface area contributed by atoms with Gasteiger partial charge >= 0.3 is 0 Å². The molecule has 5 atom stereocenters. The Morgan fingerprint density at radius 1 is 1.00 bits per heavy atom. The van der Waals surface area contributed by atoms with Crippen LogP contribution < -0.4 is 15.1 Å². The maximum absolute atomic E-state index is 11.0. The van der Waals surface area contributed by atoms with E-state index in [-0.39, 0.29) is 17.5 Å². The molecule has 1 saturated heterocycles. The monoisotopic (exact) mass is 598 g/mol. The Balaban J connectivity index is 1.69. The molecule has 2 N–H and O–H groups in total. The Hall–Kier alpha value is -2.76. The average molecular weight is 600 g/mol. The first-order valence-electron chi connectivity index (χ1n) is 12.3. The number of aliphatic hydroxyl groups is 2. The minimum Gasteiger partial charge on any atom is -0.446 e. The Labute approximate surface area is 231 Å². The molecule has 9 nitrogen and oxygen atoms in total. The fourth-order valence-electron chi connectivity index (χ4n) is 4.87. The first kappa shape index (κ1) is 28.3. The van der Waals surface area contributed by atoms with E-state index in [0.29, 0.717) is 4.47 Å². The van der Waals surface area contributed by atoms with Crippen LogP contribution in [0.25, 0.3) is 10.4 Å². The summed E-state index contributed by atoms with van der Waals surface area (Å²) in [5, 5.41) is 27.4. The third-order valence-corrected chi connectivity index (χ3v) is 12.3. The summed E-state index contributed by atoms with van der Waals surface area (Å²) in [4.78, 5) is 7.00. The van der Waals surface area contributed by atoms with Crippen LogP contribution in [0, 0.1) is 0 Å². The van der Waals surface area contributed by atoms with Crippen molar-refractivity contribution in [2.75, 3.05) is 6.61 Å². The molecule has 0 saturated carbocycles. The van der Waals surface area contributed by atoms with E-state index in [1.807, 2.05) is 36.4 Å². The maximum atomic E-state index is 11.0. The quantitative estimate of drug-likeness (QED) is 0.175. The number of nitrogens with zero attached hydrogens (tertiary/aromatic N) is 4. The van der Waals surface area contributed by atoms with Gasteiger partial charge in [-0.2, -0.15) is 0 Å². The first-order chi connectivity index (χ1) is 18.2. The van der Waals surface area contributed by atoms with Gasteiger partial charge in [0.1, 0.15) is 18.2 Å². The van der Waals surface area contributed by atoms with Gasteiger partial charge in [0.15, 0.2) is 0 Å². The third-order valence-electron chi connectivity index (χ3n) is 6.69. The zero-order chi connectivity index (χ0) is 27.3. The van der Waals surface area contributed by atoms with Crippen molar-refractivity contribution in [3.63, 3.8) is 0 Å². The van der Waals surface area contributed by atoms with Crippen molar-refractivity contribution >= 4 is 34.6 Å². The molecule has 1 aliphatic heterocycles. The van der Waals surface area contributed by atoms with E-state index >= 15 is 0 Å². The molecule has 200 valence electrons. The summed E-state index contributed by atoms with van der Waals surface area (Å²) in [6.45, 7) is 6.41. The maximum Gasteiger partial charge on any atom is 0.261 e. The normalized spacial score (nSPS) is 23.9. The molecule has 38 heavy (non-hydrogen) atoms. The minimum atomic E-state index is -2.94. The fraction of sp³-hybridized carbons (Fsp3) is 0.370. The number of ether oxygens (including phenoxy) is 2. The second-order valence-corrected chi connectivity index (χ2v) is 15.3. The Morgan fingerprint density at radius 3 is 2.13 bits per heavy atom. The van der Waals surface area contributed by atoms with Gasteiger partial charge in [-0.25, -0.2) is 4.98 Å². The highest BCUT2D eigenvalue weighted by molar-refractivity contribution is 9.10. The second kappa shape index (κ2) is 12.0. The van der Waals surface area contributed by atoms with E-state index in [1.54, 1.807) is 18.3 Å². The van der Waals surface area contributed by atoms with Gasteiger partial charge in [0.2, 0.25) is 12.2 Å². The molecule has 2 heterocycles. The molecular formula is C27H31BrN4O5Si. The molecule has 1 aromatic heterocycles. The molecule has 4 rings (SSSR count). The standard InChI is InChI=1S/C27H31BrN4O5Si/c1-27(2,3)38(18-11-6-4-7-12-18,19-13-8-5-9-14-19)35-17-21-23(33)24(34)22(31-32-29)26(36-21)37-25-20(28)15-10-16-30-25/h4-16,21-24,26,33-34H,17H2,1-3H3/t21-,22-,23-,24-,26+/m1/s1. The lowest BCUT2D eigenvalue weighted by Crippen LogP contribution is -2.68. The molecule has 1 aliphatic rings. The molecule has 3 aromatic rings. The number of benzene rings is 2. The summed E-state index contributed by atoms with van der Waals surface area (Å²) in [6, 6.07) is 22.4. The summed E-state index contributed by atoms with van der Waals surface area (Å²) in [5.41, 5.74) is 9.09. The highest BCUT2D eigenvalue weighted by Crippen LogP contribution is 2.38. The Kier molecular flexibility index (Phi) is 8.89. The summed E-state index contributed by atoms with van der Waals surface area (Å²) in [6.07, 6.45) is -3.46. The van der Waals surface area contributed by atoms with Gasteiger partial charge in [0.05, 0.1) is 17.2 Å². The lowest BCUT2D eigenvalue weighted by molar-refractivity contribution is -0.238. The van der Waals surface area contributed by atoms with Crippen LogP contribution >= 0.6 is 15.9 Å². The zero-order valence-corrected chi connectivity index (χ0v) is 24.0. The van der Waals surface area contributed by atoms with E-state index in [4.69, 9.17) is 19.4 Å². The first-order valence-corrected chi connectivity index (χ1v) is 15.0. The van der Waals surface area contributed by atoms with Crippen LogP contribution in [0.4, 0.5) is 0 Å². The molecule has 0 unspecified atom stereocenters. The number of halogens is 1. The lowest BCUT2D eigenvalue weighted by Gasteiger charge is -2.45. The summed E-state index contributed by atoms with van der Waals surface area (Å²) < 4.78 is 19.5. The molecule has 0 radical (unpaired) electrons. The second-order valence-electron chi connectivity index (χ2n) is 10.1. The smallest absolute Gasteiger partial charge is 0.261 e. The zero-order valence-electron chi connectivity index (χ0n) is 21.4. The SMILES string of the molecule is CC(C)(C)[Si](OC[C@H]1O[C@@H](Oc2ncccc2Br)[C@H](N=[N+]=[N-])[C@@H](O)[C@@H]1O)(c1ccccc1)c1ccccc1. The van der Waals surface area contributed by atoms with Gasteiger partial charge in [0.25, 0.3) is 8.32 Å². The van der Waals surface area contributed by atoms with Gasteiger partial charge in [-0.15, -0.1) is 0 Å². The number of hydrogen-bond donors (Lipinski definition) is 2. The van der Waals surface area contributed by atoms with Crippen LogP contribution in [-0.2, 0) is 9.16 Å². The summed E-state index contributed by atoms with van der Waals surface area (Å²) in [7, 11) is -2.94. The number of aromatic nitrogens is 1. The van der Waals surface area contributed by atoms with Crippen molar-refractivity contribution in [3.8, 4) is 5.88 Å². The largest absolute Gasteiger partial charge is 0.446 e. The van der Waals surface area contributed by atoms with E-state index in [0.717, 1.165) is 10.4 Å². The van der Waals surface area contributed by atoms with Gasteiger partial charge in [-0.1, -0.05) is 86.5 Å². The summed E-state index contributed by atoms with van der Waals surface area (Å²) >= 11 is 3.38. The Morgan fingerprint density at radius 2 is 1.61 bits per heavy atom. The molecule has 0 amide bonds. The van der Waals surface area contributed by atoms with Gasteiger partial charge in [-0.3, -0.25) is 0 Å². The number of pyridine rings is 1. The molecule has 2 aromatic carbocycles. The topological polar surface area (TPSA) is 130 Å². The number of hydrogen-bond acceptors (Lipinski definition) is 7. The van der Waals surface area contributed by atoms with Crippen LogP contribution in [0.1, 0.15) is 20.8 Å². The van der Waals surface area contributed by atoms with Crippen molar-refractivity contribution in [2.45, 2.75) is 56.5 Å². The van der Waals surface area contributed by atoms with E-state index in [1.165, 1.54) is 0 Å². The predicted molar refractivity (Wildman–Crippen MR) is 150 cm³/mol. The van der Waals surface area contributed by atoms with Crippen LogP contribution in [0.5, 0.6) is 5.88 Å². The van der Waals surface area contributed by atoms with Gasteiger partial charge < -0.3 is 24.1 Å². The number of rotatable bonds is 8.